The zero-order chi connectivity index (χ0) is 23.5. The van der Waals surface area contributed by atoms with E-state index in [2.05, 4.69) is 44.1 Å². The summed E-state index contributed by atoms with van der Waals surface area (Å²) in [6.07, 6.45) is 2.39. The number of nitrogens with zero attached hydrogens (tertiary/aromatic N) is 4. The Kier molecular flexibility index (Phi) is 6.62. The molecule has 0 spiro atoms. The summed E-state index contributed by atoms with van der Waals surface area (Å²) >= 11 is 5.49. The summed E-state index contributed by atoms with van der Waals surface area (Å²) in [6, 6.07) is 9.71. The molecule has 2 aromatic heterocycles. The zero-order valence-electron chi connectivity index (χ0n) is 19.2. The van der Waals surface area contributed by atoms with Gasteiger partial charge in [0.25, 0.3) is 5.91 Å². The van der Waals surface area contributed by atoms with Gasteiger partial charge in [-0.2, -0.15) is 0 Å². The highest BCUT2D eigenvalue weighted by atomic mass is 32.1. The first-order chi connectivity index (χ1) is 15.8. The molecule has 0 bridgehead atoms. The third kappa shape index (κ3) is 5.32. The highest BCUT2D eigenvalue weighted by Gasteiger charge is 2.20. The molecule has 8 nitrogen and oxygen atoms in total. The summed E-state index contributed by atoms with van der Waals surface area (Å²) in [6.45, 7) is 5.23. The van der Waals surface area contributed by atoms with Gasteiger partial charge in [0.1, 0.15) is 5.69 Å². The van der Waals surface area contributed by atoms with Gasteiger partial charge < -0.3 is 20.9 Å². The van der Waals surface area contributed by atoms with Crippen molar-refractivity contribution in [2.24, 2.45) is 0 Å². The molecule has 0 unspecified atom stereocenters. The molecule has 1 aliphatic rings. The largest absolute Gasteiger partial charge is 0.349 e. The van der Waals surface area contributed by atoms with Gasteiger partial charge in [-0.25, -0.2) is 15.0 Å². The molecule has 0 saturated heterocycles. The van der Waals surface area contributed by atoms with Crippen LogP contribution in [0.5, 0.6) is 0 Å². The Hall–Kier alpha value is -3.43. The van der Waals surface area contributed by atoms with Crippen molar-refractivity contribution in [3.05, 3.63) is 59.0 Å². The van der Waals surface area contributed by atoms with Crippen molar-refractivity contribution in [2.75, 3.05) is 37.8 Å². The SMILES string of the molecule is Cc1ccc2c(c1)NC(=S)Cc1cnc(Nc3ccc(C(=O)NCCN(C)C)nc3C)nc1-2. The van der Waals surface area contributed by atoms with Crippen LogP contribution in [0.2, 0.25) is 0 Å². The van der Waals surface area contributed by atoms with Gasteiger partial charge >= 0.3 is 0 Å². The van der Waals surface area contributed by atoms with E-state index in [0.29, 0.717) is 30.3 Å². The number of hydrogen-bond acceptors (Lipinski definition) is 7. The van der Waals surface area contributed by atoms with Crippen LogP contribution >= 0.6 is 12.2 Å². The van der Waals surface area contributed by atoms with Gasteiger partial charge in [-0.1, -0.05) is 24.4 Å². The summed E-state index contributed by atoms with van der Waals surface area (Å²) in [4.78, 5) is 28.8. The minimum Gasteiger partial charge on any atom is -0.349 e. The first-order valence-electron chi connectivity index (χ1n) is 10.7. The minimum atomic E-state index is -0.192. The van der Waals surface area contributed by atoms with Crippen molar-refractivity contribution in [3.63, 3.8) is 0 Å². The molecule has 33 heavy (non-hydrogen) atoms. The molecule has 3 aromatic rings. The van der Waals surface area contributed by atoms with E-state index >= 15 is 0 Å². The van der Waals surface area contributed by atoms with Crippen molar-refractivity contribution in [1.82, 2.24) is 25.2 Å². The van der Waals surface area contributed by atoms with Crippen molar-refractivity contribution in [3.8, 4) is 11.3 Å². The van der Waals surface area contributed by atoms with E-state index in [1.165, 1.54) is 0 Å². The van der Waals surface area contributed by atoms with E-state index in [1.807, 2.05) is 45.1 Å². The molecular weight excluding hydrogens is 434 g/mol. The van der Waals surface area contributed by atoms with E-state index < -0.39 is 0 Å². The highest BCUT2D eigenvalue weighted by molar-refractivity contribution is 7.80. The second kappa shape index (κ2) is 9.60. The number of nitrogens with one attached hydrogen (secondary N) is 3. The summed E-state index contributed by atoms with van der Waals surface area (Å²) in [5.41, 5.74) is 6.71. The number of likely N-dealkylation sites (N-methyl/N-ethyl adjacent to an activating group) is 1. The lowest BCUT2D eigenvalue weighted by molar-refractivity contribution is 0.0946. The molecule has 1 amide bonds. The third-order valence-corrected chi connectivity index (χ3v) is 5.58. The maximum absolute atomic E-state index is 12.4. The van der Waals surface area contributed by atoms with Crippen molar-refractivity contribution in [1.29, 1.82) is 0 Å². The van der Waals surface area contributed by atoms with Gasteiger partial charge in [-0.05, 0) is 51.7 Å². The van der Waals surface area contributed by atoms with Gasteiger partial charge in [0, 0.05) is 42.5 Å². The summed E-state index contributed by atoms with van der Waals surface area (Å²) in [5.74, 6) is 0.268. The number of rotatable bonds is 6. The van der Waals surface area contributed by atoms with Crippen molar-refractivity contribution >= 4 is 40.4 Å². The number of pyridine rings is 1. The first kappa shape index (κ1) is 22.8. The fourth-order valence-electron chi connectivity index (χ4n) is 3.59. The van der Waals surface area contributed by atoms with E-state index in [-0.39, 0.29) is 5.91 Å². The molecule has 3 N–H and O–H groups in total. The number of thiocarbonyl (C=S) groups is 1. The Morgan fingerprint density at radius 1 is 1.18 bits per heavy atom. The number of carbonyl (C=O) groups is 1. The van der Waals surface area contributed by atoms with Gasteiger partial charge in [0.15, 0.2) is 0 Å². The number of amides is 1. The van der Waals surface area contributed by atoms with E-state index in [9.17, 15) is 4.79 Å². The summed E-state index contributed by atoms with van der Waals surface area (Å²) in [7, 11) is 3.92. The van der Waals surface area contributed by atoms with E-state index in [0.717, 1.165) is 45.3 Å². The van der Waals surface area contributed by atoms with Crippen molar-refractivity contribution < 1.29 is 4.79 Å². The second-order valence-electron chi connectivity index (χ2n) is 8.36. The molecule has 1 aromatic carbocycles. The maximum Gasteiger partial charge on any atom is 0.269 e. The zero-order valence-corrected chi connectivity index (χ0v) is 20.0. The number of hydrogen-bond donors (Lipinski definition) is 3. The van der Waals surface area contributed by atoms with Crippen LogP contribution in [-0.4, -0.2) is 57.9 Å². The van der Waals surface area contributed by atoms with Gasteiger partial charge in [-0.15, -0.1) is 0 Å². The monoisotopic (exact) mass is 461 g/mol. The molecule has 0 saturated carbocycles. The Bertz CT molecular complexity index is 1230. The molecule has 0 fully saturated rings. The first-order valence-corrected chi connectivity index (χ1v) is 11.2. The lowest BCUT2D eigenvalue weighted by Gasteiger charge is -2.13. The second-order valence-corrected chi connectivity index (χ2v) is 8.85. The summed E-state index contributed by atoms with van der Waals surface area (Å²) < 4.78 is 0. The smallest absolute Gasteiger partial charge is 0.269 e. The minimum absolute atomic E-state index is 0.192. The van der Waals surface area contributed by atoms with Crippen LogP contribution in [0.15, 0.2) is 36.5 Å². The number of aryl methyl sites for hydroxylation is 2. The molecule has 0 radical (unpaired) electrons. The number of anilines is 3. The number of benzene rings is 1. The predicted octanol–water partition coefficient (Wildman–Crippen LogP) is 3.49. The molecule has 0 aliphatic carbocycles. The van der Waals surface area contributed by atoms with Crippen LogP contribution in [0.25, 0.3) is 11.3 Å². The van der Waals surface area contributed by atoms with Gasteiger partial charge in [0.2, 0.25) is 5.95 Å². The lowest BCUT2D eigenvalue weighted by Crippen LogP contribution is -2.31. The molecule has 1 aliphatic heterocycles. The number of aromatic nitrogens is 3. The number of carbonyl (C=O) groups excluding carboxylic acids is 1. The fraction of sp³-hybridized carbons (Fsp3) is 0.292. The molecule has 3 heterocycles. The molecule has 9 heteroatoms. The average Bonchev–Trinajstić information content (AvgIpc) is 2.89. The Balaban J connectivity index is 1.57. The standard InChI is InChI=1S/C24H27N7OS/c1-14-5-6-17-20(11-14)28-21(33)12-16-13-26-24(30-22(16)17)29-18-7-8-19(27-15(18)2)23(32)25-9-10-31(3)4/h5-8,11,13H,9-10,12H2,1-4H3,(H,25,32)(H,28,33)(H,26,29,30). The lowest BCUT2D eigenvalue weighted by atomic mass is 10.0. The Labute approximate surface area is 198 Å². The molecule has 170 valence electrons. The van der Waals surface area contributed by atoms with Crippen LogP contribution in [0, 0.1) is 13.8 Å². The van der Waals surface area contributed by atoms with Crippen molar-refractivity contribution in [2.45, 2.75) is 20.3 Å². The fourth-order valence-corrected chi connectivity index (χ4v) is 3.85. The van der Waals surface area contributed by atoms with E-state index in [1.54, 1.807) is 6.07 Å². The van der Waals surface area contributed by atoms with Crippen LogP contribution in [0.1, 0.15) is 27.3 Å². The predicted molar refractivity (Wildman–Crippen MR) is 135 cm³/mol. The third-order valence-electron chi connectivity index (χ3n) is 5.33. The Morgan fingerprint density at radius 2 is 2.00 bits per heavy atom. The average molecular weight is 462 g/mol. The normalized spacial score (nSPS) is 12.5. The van der Waals surface area contributed by atoms with Gasteiger partial charge in [0.05, 0.1) is 22.1 Å². The number of fused-ring (bicyclic) bond motifs is 3. The van der Waals surface area contributed by atoms with E-state index in [4.69, 9.17) is 17.2 Å². The van der Waals surface area contributed by atoms with Crippen LogP contribution in [-0.2, 0) is 6.42 Å². The van der Waals surface area contributed by atoms with Crippen LogP contribution in [0.4, 0.5) is 17.3 Å². The summed E-state index contributed by atoms with van der Waals surface area (Å²) in [5, 5.41) is 9.44. The topological polar surface area (TPSA) is 95.1 Å². The maximum atomic E-state index is 12.4. The molecular formula is C24H27N7OS. The van der Waals surface area contributed by atoms with Crippen LogP contribution < -0.4 is 16.0 Å². The molecule has 0 atom stereocenters. The molecule has 4 rings (SSSR count). The Morgan fingerprint density at radius 3 is 2.76 bits per heavy atom. The van der Waals surface area contributed by atoms with Crippen LogP contribution in [0.3, 0.4) is 0 Å². The van der Waals surface area contributed by atoms with Gasteiger partial charge in [-0.3, -0.25) is 4.79 Å². The quantitative estimate of drug-likeness (QED) is 0.480. The highest BCUT2D eigenvalue weighted by Crippen LogP contribution is 2.34.